The van der Waals surface area contributed by atoms with Gasteiger partial charge in [-0.1, -0.05) is 0 Å². The van der Waals surface area contributed by atoms with E-state index in [1.165, 1.54) is 0 Å². The third kappa shape index (κ3) is 3.32. The zero-order valence-corrected chi connectivity index (χ0v) is 8.05. The molecule has 0 aromatic carbocycles. The molecule has 76 valence electrons. The molecule has 1 aliphatic rings. The molecule has 0 saturated carbocycles. The SMILES string of the molecule is CC1(O)CCNCC(C(N)=O)CC1. The predicted molar refractivity (Wildman–Crippen MR) is 50.0 cm³/mol. The van der Waals surface area contributed by atoms with Gasteiger partial charge in [0, 0.05) is 6.54 Å². The number of carbonyl (C=O) groups excluding carboxylic acids is 1. The van der Waals surface area contributed by atoms with Crippen molar-refractivity contribution in [2.45, 2.75) is 31.8 Å². The van der Waals surface area contributed by atoms with Gasteiger partial charge in [0.15, 0.2) is 0 Å². The summed E-state index contributed by atoms with van der Waals surface area (Å²) in [5.41, 5.74) is 4.56. The van der Waals surface area contributed by atoms with E-state index in [-0.39, 0.29) is 11.8 Å². The summed E-state index contributed by atoms with van der Waals surface area (Å²) in [6.45, 7) is 3.19. The van der Waals surface area contributed by atoms with Crippen molar-refractivity contribution in [2.24, 2.45) is 11.7 Å². The smallest absolute Gasteiger partial charge is 0.221 e. The summed E-state index contributed by atoms with van der Waals surface area (Å²) in [6, 6.07) is 0. The maximum Gasteiger partial charge on any atom is 0.221 e. The van der Waals surface area contributed by atoms with Crippen LogP contribution in [0.25, 0.3) is 0 Å². The van der Waals surface area contributed by atoms with Crippen LogP contribution in [0.4, 0.5) is 0 Å². The molecule has 0 aliphatic carbocycles. The Bertz CT molecular complexity index is 192. The minimum absolute atomic E-state index is 0.133. The minimum atomic E-state index is -0.652. The second-order valence-electron chi connectivity index (χ2n) is 4.09. The van der Waals surface area contributed by atoms with E-state index in [1.54, 1.807) is 6.92 Å². The lowest BCUT2D eigenvalue weighted by Crippen LogP contribution is -2.40. The first-order chi connectivity index (χ1) is 6.01. The summed E-state index contributed by atoms with van der Waals surface area (Å²) in [4.78, 5) is 10.9. The molecule has 0 radical (unpaired) electrons. The van der Waals surface area contributed by atoms with Crippen molar-refractivity contribution in [3.05, 3.63) is 0 Å². The average Bonchev–Trinajstić information content (AvgIpc) is 1.98. The number of carbonyl (C=O) groups is 1. The average molecular weight is 186 g/mol. The van der Waals surface area contributed by atoms with E-state index in [2.05, 4.69) is 5.32 Å². The zero-order chi connectivity index (χ0) is 9.90. The van der Waals surface area contributed by atoms with E-state index in [4.69, 9.17) is 5.73 Å². The molecule has 1 rings (SSSR count). The molecule has 2 unspecified atom stereocenters. The molecule has 0 bridgehead atoms. The number of amides is 1. The lowest BCUT2D eigenvalue weighted by Gasteiger charge is -2.28. The molecule has 0 aromatic rings. The molecule has 1 saturated heterocycles. The highest BCUT2D eigenvalue weighted by molar-refractivity contribution is 5.76. The van der Waals surface area contributed by atoms with Crippen LogP contribution in [0.1, 0.15) is 26.2 Å². The summed E-state index contributed by atoms with van der Waals surface area (Å²) in [5, 5.41) is 12.9. The van der Waals surface area contributed by atoms with E-state index in [1.807, 2.05) is 0 Å². The van der Waals surface area contributed by atoms with Crippen molar-refractivity contribution in [2.75, 3.05) is 13.1 Å². The van der Waals surface area contributed by atoms with Gasteiger partial charge < -0.3 is 16.2 Å². The van der Waals surface area contributed by atoms with Crippen LogP contribution in [0.15, 0.2) is 0 Å². The van der Waals surface area contributed by atoms with E-state index >= 15 is 0 Å². The van der Waals surface area contributed by atoms with Gasteiger partial charge in [0.25, 0.3) is 0 Å². The third-order valence-corrected chi connectivity index (χ3v) is 2.66. The first kappa shape index (κ1) is 10.5. The fourth-order valence-electron chi connectivity index (χ4n) is 1.59. The first-order valence-corrected chi connectivity index (χ1v) is 4.74. The fourth-order valence-corrected chi connectivity index (χ4v) is 1.59. The lowest BCUT2D eigenvalue weighted by molar-refractivity contribution is -0.122. The van der Waals surface area contributed by atoms with Gasteiger partial charge in [0.05, 0.1) is 11.5 Å². The summed E-state index contributed by atoms with van der Waals surface area (Å²) >= 11 is 0. The number of nitrogens with one attached hydrogen (secondary N) is 1. The molecule has 4 heteroatoms. The second-order valence-corrected chi connectivity index (χ2v) is 4.09. The van der Waals surface area contributed by atoms with Crippen LogP contribution in [0.2, 0.25) is 0 Å². The Labute approximate surface area is 78.5 Å². The Morgan fingerprint density at radius 2 is 2.31 bits per heavy atom. The lowest BCUT2D eigenvalue weighted by atomic mass is 9.89. The summed E-state index contributed by atoms with van der Waals surface area (Å²) in [7, 11) is 0. The van der Waals surface area contributed by atoms with Crippen LogP contribution in [-0.4, -0.2) is 29.7 Å². The number of aliphatic hydroxyl groups is 1. The maximum atomic E-state index is 10.9. The first-order valence-electron chi connectivity index (χ1n) is 4.74. The van der Waals surface area contributed by atoms with Crippen LogP contribution in [0, 0.1) is 5.92 Å². The topological polar surface area (TPSA) is 75.3 Å². The highest BCUT2D eigenvalue weighted by atomic mass is 16.3. The quantitative estimate of drug-likeness (QED) is 0.522. The van der Waals surface area contributed by atoms with Crippen LogP contribution in [0.5, 0.6) is 0 Å². The summed E-state index contributed by atoms with van der Waals surface area (Å²) in [6.07, 6.45) is 2.07. The molecule has 4 N–H and O–H groups in total. The number of nitrogens with two attached hydrogens (primary N) is 1. The monoisotopic (exact) mass is 186 g/mol. The van der Waals surface area contributed by atoms with Crippen molar-refractivity contribution < 1.29 is 9.90 Å². The highest BCUT2D eigenvalue weighted by Gasteiger charge is 2.26. The standard InChI is InChI=1S/C9H18N2O2/c1-9(13)3-2-7(8(10)12)6-11-5-4-9/h7,11,13H,2-6H2,1H3,(H2,10,12). The summed E-state index contributed by atoms with van der Waals surface area (Å²) in [5.74, 6) is -0.406. The molecule has 13 heavy (non-hydrogen) atoms. The highest BCUT2D eigenvalue weighted by Crippen LogP contribution is 2.21. The van der Waals surface area contributed by atoms with Crippen molar-refractivity contribution in [1.29, 1.82) is 0 Å². The molecule has 1 amide bonds. The van der Waals surface area contributed by atoms with E-state index in [0.717, 1.165) is 13.0 Å². The van der Waals surface area contributed by atoms with E-state index in [9.17, 15) is 9.90 Å². The maximum absolute atomic E-state index is 10.9. The number of hydrogen-bond acceptors (Lipinski definition) is 3. The van der Waals surface area contributed by atoms with Gasteiger partial charge in [-0.15, -0.1) is 0 Å². The van der Waals surface area contributed by atoms with Gasteiger partial charge in [0.1, 0.15) is 0 Å². The molecule has 1 fully saturated rings. The van der Waals surface area contributed by atoms with E-state index in [0.29, 0.717) is 19.4 Å². The number of hydrogen-bond donors (Lipinski definition) is 3. The third-order valence-electron chi connectivity index (χ3n) is 2.66. The molecule has 2 atom stereocenters. The molecule has 0 spiro atoms. The van der Waals surface area contributed by atoms with Crippen LogP contribution >= 0.6 is 0 Å². The van der Waals surface area contributed by atoms with Gasteiger partial charge in [-0.3, -0.25) is 4.79 Å². The van der Waals surface area contributed by atoms with Gasteiger partial charge in [-0.2, -0.15) is 0 Å². The Balaban J connectivity index is 2.50. The van der Waals surface area contributed by atoms with Crippen molar-refractivity contribution in [3.8, 4) is 0 Å². The Hall–Kier alpha value is -0.610. The number of rotatable bonds is 1. The van der Waals surface area contributed by atoms with Crippen molar-refractivity contribution in [1.82, 2.24) is 5.32 Å². The minimum Gasteiger partial charge on any atom is -0.390 e. The zero-order valence-electron chi connectivity index (χ0n) is 8.05. The Morgan fingerprint density at radius 1 is 1.62 bits per heavy atom. The normalized spacial score (nSPS) is 36.3. The van der Waals surface area contributed by atoms with Gasteiger partial charge in [0.2, 0.25) is 5.91 Å². The van der Waals surface area contributed by atoms with Crippen LogP contribution in [0.3, 0.4) is 0 Å². The molecule has 1 aliphatic heterocycles. The Morgan fingerprint density at radius 3 is 2.92 bits per heavy atom. The van der Waals surface area contributed by atoms with Crippen molar-refractivity contribution >= 4 is 5.91 Å². The molecular formula is C9H18N2O2. The molecule has 4 nitrogen and oxygen atoms in total. The molecule has 0 aromatic heterocycles. The van der Waals surface area contributed by atoms with Crippen LogP contribution < -0.4 is 11.1 Å². The van der Waals surface area contributed by atoms with Gasteiger partial charge >= 0.3 is 0 Å². The number of primary amides is 1. The van der Waals surface area contributed by atoms with Crippen LogP contribution in [-0.2, 0) is 4.79 Å². The van der Waals surface area contributed by atoms with Crippen molar-refractivity contribution in [3.63, 3.8) is 0 Å². The molecular weight excluding hydrogens is 168 g/mol. The largest absolute Gasteiger partial charge is 0.390 e. The van der Waals surface area contributed by atoms with Gasteiger partial charge in [-0.25, -0.2) is 0 Å². The van der Waals surface area contributed by atoms with E-state index < -0.39 is 5.60 Å². The fraction of sp³-hybridized carbons (Fsp3) is 0.889. The molecule has 1 heterocycles. The second kappa shape index (κ2) is 4.07. The Kier molecular flexibility index (Phi) is 3.27. The predicted octanol–water partition coefficient (Wildman–Crippen LogP) is -0.388. The van der Waals surface area contributed by atoms with Gasteiger partial charge in [-0.05, 0) is 32.7 Å². The summed E-state index contributed by atoms with van der Waals surface area (Å²) < 4.78 is 0.